The van der Waals surface area contributed by atoms with E-state index in [-0.39, 0.29) is 4.32 Å². The molecule has 0 spiro atoms. The molecular formula is C12H17BrO. The van der Waals surface area contributed by atoms with E-state index in [4.69, 9.17) is 0 Å². The first-order valence-electron chi connectivity index (χ1n) is 5.85. The summed E-state index contributed by atoms with van der Waals surface area (Å²) in [6, 6.07) is 0. The van der Waals surface area contributed by atoms with Gasteiger partial charge in [0.1, 0.15) is 6.29 Å². The number of rotatable bonds is 1. The van der Waals surface area contributed by atoms with Gasteiger partial charge in [-0.25, -0.2) is 0 Å². The van der Waals surface area contributed by atoms with Gasteiger partial charge in [0, 0.05) is 0 Å². The summed E-state index contributed by atoms with van der Waals surface area (Å²) in [7, 11) is 0. The molecule has 0 saturated heterocycles. The summed E-state index contributed by atoms with van der Waals surface area (Å²) in [4.78, 5) is 11.3. The maximum absolute atomic E-state index is 11.3. The molecule has 0 amide bonds. The van der Waals surface area contributed by atoms with Crippen molar-refractivity contribution in [2.75, 3.05) is 0 Å². The minimum atomic E-state index is -0.151. The molecule has 4 aliphatic rings. The first-order chi connectivity index (χ1) is 6.69. The van der Waals surface area contributed by atoms with Crippen LogP contribution in [0.3, 0.4) is 0 Å². The SMILES string of the molecule is O=CC1(Br)CC2C[C@@H]3CC1C[C@H](C2)C3. The predicted molar refractivity (Wildman–Crippen MR) is 59.4 cm³/mol. The maximum Gasteiger partial charge on any atom is 0.136 e. The summed E-state index contributed by atoms with van der Waals surface area (Å²) in [6.45, 7) is 0. The van der Waals surface area contributed by atoms with E-state index in [1.807, 2.05) is 0 Å². The van der Waals surface area contributed by atoms with Gasteiger partial charge in [-0.05, 0) is 62.2 Å². The summed E-state index contributed by atoms with van der Waals surface area (Å²) in [6.07, 6.45) is 9.15. The number of carbonyl (C=O) groups excluding carboxylic acids is 1. The molecule has 2 heteroatoms. The van der Waals surface area contributed by atoms with Crippen molar-refractivity contribution in [1.82, 2.24) is 0 Å². The van der Waals surface area contributed by atoms with Gasteiger partial charge in [-0.3, -0.25) is 0 Å². The second-order valence-electron chi connectivity index (χ2n) is 5.72. The molecule has 5 atom stereocenters. The van der Waals surface area contributed by atoms with Gasteiger partial charge in [0.05, 0.1) is 4.32 Å². The molecule has 0 aromatic heterocycles. The van der Waals surface area contributed by atoms with E-state index in [0.717, 1.165) is 24.2 Å². The van der Waals surface area contributed by atoms with Crippen LogP contribution in [0.15, 0.2) is 0 Å². The van der Waals surface area contributed by atoms with Crippen molar-refractivity contribution in [2.45, 2.75) is 42.8 Å². The summed E-state index contributed by atoms with van der Waals surface area (Å²) >= 11 is 3.73. The van der Waals surface area contributed by atoms with Crippen molar-refractivity contribution >= 4 is 22.2 Å². The molecule has 4 fully saturated rings. The highest BCUT2D eigenvalue weighted by molar-refractivity contribution is 9.10. The van der Waals surface area contributed by atoms with E-state index >= 15 is 0 Å². The molecular weight excluding hydrogens is 240 g/mol. The van der Waals surface area contributed by atoms with Crippen LogP contribution >= 0.6 is 15.9 Å². The van der Waals surface area contributed by atoms with Crippen LogP contribution in [0.4, 0.5) is 0 Å². The van der Waals surface area contributed by atoms with Crippen LogP contribution in [-0.4, -0.2) is 10.6 Å². The Kier molecular flexibility index (Phi) is 2.06. The fraction of sp³-hybridized carbons (Fsp3) is 0.917. The topological polar surface area (TPSA) is 17.1 Å². The lowest BCUT2D eigenvalue weighted by Crippen LogP contribution is -2.35. The molecule has 0 aromatic carbocycles. The van der Waals surface area contributed by atoms with Gasteiger partial charge < -0.3 is 4.79 Å². The Morgan fingerprint density at radius 3 is 2.14 bits per heavy atom. The number of carbonyl (C=O) groups is 1. The molecule has 0 heterocycles. The Balaban J connectivity index is 1.96. The third-order valence-electron chi connectivity index (χ3n) is 4.71. The fourth-order valence-electron chi connectivity index (χ4n) is 4.30. The van der Waals surface area contributed by atoms with E-state index in [1.165, 1.54) is 38.4 Å². The highest BCUT2D eigenvalue weighted by Crippen LogP contribution is 2.56. The average molecular weight is 257 g/mol. The molecule has 0 aliphatic heterocycles. The van der Waals surface area contributed by atoms with E-state index in [1.54, 1.807) is 0 Å². The molecule has 1 nitrogen and oxygen atoms in total. The predicted octanol–water partition coefficient (Wildman–Crippen LogP) is 3.17. The monoisotopic (exact) mass is 256 g/mol. The van der Waals surface area contributed by atoms with Gasteiger partial charge in [-0.15, -0.1) is 0 Å². The lowest BCUT2D eigenvalue weighted by Gasteiger charge is -2.39. The van der Waals surface area contributed by atoms with Crippen LogP contribution in [0.25, 0.3) is 0 Å². The molecule has 0 aromatic rings. The molecule has 4 bridgehead atoms. The summed E-state index contributed by atoms with van der Waals surface area (Å²) in [5.74, 6) is 3.35. The molecule has 14 heavy (non-hydrogen) atoms. The maximum atomic E-state index is 11.3. The zero-order chi connectivity index (χ0) is 9.76. The first kappa shape index (κ1) is 9.38. The quantitative estimate of drug-likeness (QED) is 0.521. The highest BCUT2D eigenvalue weighted by Gasteiger charge is 2.50. The Bertz CT molecular complexity index is 251. The number of halogens is 1. The van der Waals surface area contributed by atoms with Crippen molar-refractivity contribution in [3.05, 3.63) is 0 Å². The van der Waals surface area contributed by atoms with Crippen LogP contribution in [0, 0.1) is 23.7 Å². The second-order valence-corrected chi connectivity index (χ2v) is 7.20. The molecule has 4 aliphatic carbocycles. The Hall–Kier alpha value is 0.150. The van der Waals surface area contributed by atoms with Gasteiger partial charge in [0.25, 0.3) is 0 Å². The third-order valence-corrected chi connectivity index (χ3v) is 5.87. The average Bonchev–Trinajstić information content (AvgIpc) is 2.29. The summed E-state index contributed by atoms with van der Waals surface area (Å²) < 4.78 is -0.151. The molecule has 4 saturated carbocycles. The molecule has 0 radical (unpaired) electrons. The van der Waals surface area contributed by atoms with E-state index in [2.05, 4.69) is 15.9 Å². The van der Waals surface area contributed by atoms with Gasteiger partial charge in [-0.1, -0.05) is 15.9 Å². The standard InChI is InChI=1S/C12H17BrO/c13-12(7-14)6-10-2-8-1-9(3-10)5-11(12)4-8/h7-11H,1-6H2/t8-,9+,10?,11?,12?. The van der Waals surface area contributed by atoms with Gasteiger partial charge in [0.2, 0.25) is 0 Å². The van der Waals surface area contributed by atoms with Gasteiger partial charge in [0.15, 0.2) is 0 Å². The summed E-state index contributed by atoms with van der Waals surface area (Å²) in [5.41, 5.74) is 0. The zero-order valence-electron chi connectivity index (χ0n) is 8.42. The van der Waals surface area contributed by atoms with Crippen LogP contribution < -0.4 is 0 Å². The molecule has 78 valence electrons. The normalized spacial score (nSPS) is 55.8. The molecule has 0 N–H and O–H groups in total. The third kappa shape index (κ3) is 1.30. The lowest BCUT2D eigenvalue weighted by atomic mass is 9.67. The van der Waals surface area contributed by atoms with Gasteiger partial charge >= 0.3 is 0 Å². The van der Waals surface area contributed by atoms with Crippen molar-refractivity contribution in [2.24, 2.45) is 23.7 Å². The number of alkyl halides is 1. The summed E-state index contributed by atoms with van der Waals surface area (Å²) in [5, 5.41) is 0. The van der Waals surface area contributed by atoms with E-state index in [0.29, 0.717) is 5.92 Å². The number of fused-ring (bicyclic) bond motifs is 1. The van der Waals surface area contributed by atoms with Crippen LogP contribution in [-0.2, 0) is 4.79 Å². The van der Waals surface area contributed by atoms with Crippen molar-refractivity contribution in [3.8, 4) is 0 Å². The van der Waals surface area contributed by atoms with E-state index in [9.17, 15) is 4.79 Å². The van der Waals surface area contributed by atoms with Crippen molar-refractivity contribution < 1.29 is 4.79 Å². The Labute approximate surface area is 93.8 Å². The minimum absolute atomic E-state index is 0.151. The Morgan fingerprint density at radius 1 is 1.00 bits per heavy atom. The van der Waals surface area contributed by atoms with Crippen LogP contribution in [0.2, 0.25) is 0 Å². The first-order valence-corrected chi connectivity index (χ1v) is 6.64. The lowest BCUT2D eigenvalue weighted by molar-refractivity contribution is -0.111. The molecule has 4 rings (SSSR count). The number of aldehydes is 1. The largest absolute Gasteiger partial charge is 0.302 e. The van der Waals surface area contributed by atoms with Crippen molar-refractivity contribution in [1.29, 1.82) is 0 Å². The van der Waals surface area contributed by atoms with Crippen LogP contribution in [0.5, 0.6) is 0 Å². The Morgan fingerprint density at radius 2 is 1.57 bits per heavy atom. The fourth-order valence-corrected chi connectivity index (χ4v) is 5.13. The zero-order valence-corrected chi connectivity index (χ0v) is 10.0. The number of hydrogen-bond donors (Lipinski definition) is 0. The van der Waals surface area contributed by atoms with Gasteiger partial charge in [-0.2, -0.15) is 0 Å². The molecule has 3 unspecified atom stereocenters. The second kappa shape index (κ2) is 3.07. The smallest absolute Gasteiger partial charge is 0.136 e. The highest BCUT2D eigenvalue weighted by atomic mass is 79.9. The van der Waals surface area contributed by atoms with Crippen LogP contribution in [0.1, 0.15) is 38.5 Å². The van der Waals surface area contributed by atoms with E-state index < -0.39 is 0 Å². The van der Waals surface area contributed by atoms with Crippen molar-refractivity contribution in [3.63, 3.8) is 0 Å². The number of hydrogen-bond acceptors (Lipinski definition) is 1. The minimum Gasteiger partial charge on any atom is -0.302 e.